The molecule has 98 valence electrons. The van der Waals surface area contributed by atoms with Crippen LogP contribution in [-0.4, -0.2) is 13.4 Å². The Balaban J connectivity index is 2.68. The van der Waals surface area contributed by atoms with E-state index in [2.05, 4.69) is 0 Å². The lowest BCUT2D eigenvalue weighted by molar-refractivity contribution is 0.112. The largest absolute Gasteiger partial charge is 0.497 e. The number of hydrogen-bond donors (Lipinski definition) is 0. The molecular formula is C16H15FO2. The van der Waals surface area contributed by atoms with Crippen molar-refractivity contribution in [1.29, 1.82) is 0 Å². The molecule has 2 rings (SSSR count). The molecule has 0 radical (unpaired) electrons. The van der Waals surface area contributed by atoms with E-state index in [0.717, 1.165) is 28.5 Å². The molecule has 0 N–H and O–H groups in total. The smallest absolute Gasteiger partial charge is 0.150 e. The summed E-state index contributed by atoms with van der Waals surface area (Å²) >= 11 is 0. The first-order valence-corrected chi connectivity index (χ1v) is 5.97. The number of ether oxygens (including phenoxy) is 1. The molecule has 0 aromatic heterocycles. The van der Waals surface area contributed by atoms with Gasteiger partial charge in [-0.25, -0.2) is 4.39 Å². The first-order valence-electron chi connectivity index (χ1n) is 5.97. The summed E-state index contributed by atoms with van der Waals surface area (Å²) in [4.78, 5) is 11.2. The number of methoxy groups -OCH3 is 1. The van der Waals surface area contributed by atoms with Crippen molar-refractivity contribution in [3.05, 3.63) is 52.8 Å². The van der Waals surface area contributed by atoms with E-state index in [1.54, 1.807) is 19.2 Å². The fourth-order valence-corrected chi connectivity index (χ4v) is 2.33. The molecule has 0 aliphatic carbocycles. The van der Waals surface area contributed by atoms with E-state index < -0.39 is 0 Å². The van der Waals surface area contributed by atoms with Crippen molar-refractivity contribution in [2.45, 2.75) is 13.8 Å². The monoisotopic (exact) mass is 258 g/mol. The van der Waals surface area contributed by atoms with E-state index in [0.29, 0.717) is 11.3 Å². The Morgan fingerprint density at radius 1 is 1.11 bits per heavy atom. The fourth-order valence-electron chi connectivity index (χ4n) is 2.33. The van der Waals surface area contributed by atoms with E-state index in [1.165, 1.54) is 12.1 Å². The molecule has 19 heavy (non-hydrogen) atoms. The standard InChI is InChI=1S/C16H15FO2/c1-10-6-13(17)7-11(2)16(10)15-5-4-14(19-3)8-12(15)9-18/h4-9H,1-3H3. The molecule has 2 aromatic carbocycles. The second-order valence-corrected chi connectivity index (χ2v) is 4.49. The van der Waals surface area contributed by atoms with Gasteiger partial charge in [0.05, 0.1) is 7.11 Å². The van der Waals surface area contributed by atoms with Crippen LogP contribution in [0, 0.1) is 19.7 Å². The first kappa shape index (κ1) is 13.3. The summed E-state index contributed by atoms with van der Waals surface area (Å²) in [6.07, 6.45) is 0.792. The number of carbonyl (C=O) groups excluding carboxylic acids is 1. The van der Waals surface area contributed by atoms with Crippen molar-refractivity contribution in [1.82, 2.24) is 0 Å². The van der Waals surface area contributed by atoms with E-state index in [9.17, 15) is 9.18 Å². The molecule has 0 bridgehead atoms. The van der Waals surface area contributed by atoms with Crippen LogP contribution in [0.25, 0.3) is 11.1 Å². The highest BCUT2D eigenvalue weighted by molar-refractivity contribution is 5.90. The zero-order chi connectivity index (χ0) is 14.0. The zero-order valence-electron chi connectivity index (χ0n) is 11.2. The van der Waals surface area contributed by atoms with E-state index >= 15 is 0 Å². The molecule has 0 unspecified atom stereocenters. The summed E-state index contributed by atoms with van der Waals surface area (Å²) in [5.41, 5.74) is 3.85. The lowest BCUT2D eigenvalue weighted by Gasteiger charge is -2.13. The number of halogens is 1. The van der Waals surface area contributed by atoms with Gasteiger partial charge in [0.25, 0.3) is 0 Å². The Bertz CT molecular complexity index is 610. The summed E-state index contributed by atoms with van der Waals surface area (Å²) in [5.74, 6) is 0.364. The number of aldehydes is 1. The number of rotatable bonds is 3. The summed E-state index contributed by atoms with van der Waals surface area (Å²) in [5, 5.41) is 0. The normalized spacial score (nSPS) is 10.3. The molecule has 0 aliphatic rings. The fraction of sp³-hybridized carbons (Fsp3) is 0.188. The summed E-state index contributed by atoms with van der Waals surface area (Å²) in [6, 6.07) is 8.26. The van der Waals surface area contributed by atoms with Crippen molar-refractivity contribution in [2.75, 3.05) is 7.11 Å². The molecule has 0 spiro atoms. The van der Waals surface area contributed by atoms with Crippen LogP contribution in [0.15, 0.2) is 30.3 Å². The van der Waals surface area contributed by atoms with E-state index in [1.807, 2.05) is 19.9 Å². The van der Waals surface area contributed by atoms with Gasteiger partial charge in [-0.3, -0.25) is 4.79 Å². The minimum absolute atomic E-state index is 0.264. The van der Waals surface area contributed by atoms with Crippen molar-refractivity contribution in [2.24, 2.45) is 0 Å². The van der Waals surface area contributed by atoms with Gasteiger partial charge < -0.3 is 4.74 Å². The summed E-state index contributed by atoms with van der Waals surface area (Å²) in [7, 11) is 1.55. The quantitative estimate of drug-likeness (QED) is 0.780. The molecule has 0 saturated heterocycles. The van der Waals surface area contributed by atoms with Gasteiger partial charge in [-0.2, -0.15) is 0 Å². The third kappa shape index (κ3) is 2.50. The van der Waals surface area contributed by atoms with Crippen LogP contribution in [-0.2, 0) is 0 Å². The molecule has 2 aromatic rings. The van der Waals surface area contributed by atoms with Gasteiger partial charge in [0.1, 0.15) is 11.6 Å². The summed E-state index contributed by atoms with van der Waals surface area (Å²) in [6.45, 7) is 3.68. The summed E-state index contributed by atoms with van der Waals surface area (Å²) < 4.78 is 18.4. The molecule has 0 aliphatic heterocycles. The number of benzene rings is 2. The maximum Gasteiger partial charge on any atom is 0.150 e. The topological polar surface area (TPSA) is 26.3 Å². The molecule has 0 fully saturated rings. The lowest BCUT2D eigenvalue weighted by Crippen LogP contribution is -1.95. The number of hydrogen-bond acceptors (Lipinski definition) is 2. The van der Waals surface area contributed by atoms with Gasteiger partial charge in [0.2, 0.25) is 0 Å². The average Bonchev–Trinajstić information content (AvgIpc) is 2.37. The molecule has 0 amide bonds. The van der Waals surface area contributed by atoms with Crippen LogP contribution in [0.4, 0.5) is 4.39 Å². The average molecular weight is 258 g/mol. The Morgan fingerprint density at radius 2 is 1.74 bits per heavy atom. The van der Waals surface area contributed by atoms with Crippen LogP contribution < -0.4 is 4.74 Å². The molecule has 0 heterocycles. The first-order chi connectivity index (χ1) is 9.06. The van der Waals surface area contributed by atoms with E-state index in [4.69, 9.17) is 4.74 Å². The minimum Gasteiger partial charge on any atom is -0.497 e. The van der Waals surface area contributed by atoms with Crippen LogP contribution in [0.1, 0.15) is 21.5 Å². The minimum atomic E-state index is -0.264. The van der Waals surface area contributed by atoms with Crippen molar-refractivity contribution in [3.8, 4) is 16.9 Å². The predicted octanol–water partition coefficient (Wildman–Crippen LogP) is 3.93. The third-order valence-corrected chi connectivity index (χ3v) is 3.15. The SMILES string of the molecule is COc1ccc(-c2c(C)cc(F)cc2C)c(C=O)c1. The van der Waals surface area contributed by atoms with Crippen LogP contribution in [0.3, 0.4) is 0 Å². The van der Waals surface area contributed by atoms with Crippen LogP contribution in [0.2, 0.25) is 0 Å². The molecule has 2 nitrogen and oxygen atoms in total. The second kappa shape index (κ2) is 5.22. The molecule has 0 atom stereocenters. The third-order valence-electron chi connectivity index (χ3n) is 3.15. The van der Waals surface area contributed by atoms with Crippen molar-refractivity contribution < 1.29 is 13.9 Å². The van der Waals surface area contributed by atoms with Gasteiger partial charge in [-0.15, -0.1) is 0 Å². The van der Waals surface area contributed by atoms with Gasteiger partial charge in [-0.05, 0) is 66.4 Å². The molecule has 0 saturated carbocycles. The predicted molar refractivity (Wildman–Crippen MR) is 73.2 cm³/mol. The molecular weight excluding hydrogens is 243 g/mol. The maximum absolute atomic E-state index is 13.3. The Labute approximate surface area is 111 Å². The van der Waals surface area contributed by atoms with Crippen molar-refractivity contribution in [3.63, 3.8) is 0 Å². The Morgan fingerprint density at radius 3 is 2.26 bits per heavy atom. The van der Waals surface area contributed by atoms with E-state index in [-0.39, 0.29) is 5.82 Å². The maximum atomic E-state index is 13.3. The van der Waals surface area contributed by atoms with Crippen LogP contribution in [0.5, 0.6) is 5.75 Å². The highest BCUT2D eigenvalue weighted by Crippen LogP contribution is 2.32. The van der Waals surface area contributed by atoms with Gasteiger partial charge in [-0.1, -0.05) is 0 Å². The highest BCUT2D eigenvalue weighted by Gasteiger charge is 2.12. The number of aryl methyl sites for hydroxylation is 2. The Kier molecular flexibility index (Phi) is 3.65. The second-order valence-electron chi connectivity index (χ2n) is 4.49. The van der Waals surface area contributed by atoms with Gasteiger partial charge >= 0.3 is 0 Å². The van der Waals surface area contributed by atoms with Gasteiger partial charge in [0, 0.05) is 5.56 Å². The van der Waals surface area contributed by atoms with Crippen LogP contribution >= 0.6 is 0 Å². The highest BCUT2D eigenvalue weighted by atomic mass is 19.1. The lowest BCUT2D eigenvalue weighted by atomic mass is 9.92. The Hall–Kier alpha value is -2.16. The van der Waals surface area contributed by atoms with Crippen molar-refractivity contribution >= 4 is 6.29 Å². The molecule has 3 heteroatoms. The number of carbonyl (C=O) groups is 1. The zero-order valence-corrected chi connectivity index (χ0v) is 11.2. The van der Waals surface area contributed by atoms with Gasteiger partial charge in [0.15, 0.2) is 6.29 Å².